The fraction of sp³-hybridized carbons (Fsp3) is 0.0833. The number of ether oxygens (including phenoxy) is 5. The summed E-state index contributed by atoms with van der Waals surface area (Å²) in [6.45, 7) is -0.258. The summed E-state index contributed by atoms with van der Waals surface area (Å²) in [5.41, 5.74) is 12.1. The van der Waals surface area contributed by atoms with E-state index in [1.807, 2.05) is 85.0 Å². The van der Waals surface area contributed by atoms with E-state index in [9.17, 15) is 34.1 Å². The lowest BCUT2D eigenvalue weighted by atomic mass is 10.0. The Hall–Kier alpha value is -10.8. The molecule has 18 nitrogen and oxygen atoms in total. The van der Waals surface area contributed by atoms with Crippen molar-refractivity contribution in [1.82, 2.24) is 25.3 Å². The van der Waals surface area contributed by atoms with Crippen molar-refractivity contribution in [1.29, 1.82) is 0 Å². The second-order valence-corrected chi connectivity index (χ2v) is 17.5. The molecule has 0 atom stereocenters. The highest BCUT2D eigenvalue weighted by Crippen LogP contribution is 2.39. The van der Waals surface area contributed by atoms with Crippen LogP contribution in [0.5, 0.6) is 5.75 Å². The number of benzene rings is 5. The number of fused-ring (bicyclic) bond motifs is 8. The number of hydrogen-bond acceptors (Lipinski definition) is 14. The van der Waals surface area contributed by atoms with Gasteiger partial charge in [-0.25, -0.2) is 29.1 Å². The first-order chi connectivity index (χ1) is 37.9. The van der Waals surface area contributed by atoms with Gasteiger partial charge in [-0.15, -0.1) is 0 Å². The number of esters is 3. The number of nitrogens with zero attached hydrogens (tertiary/aromatic N) is 3. The third-order valence-corrected chi connectivity index (χ3v) is 12.8. The minimum Gasteiger partial charge on any atom is -0.465 e. The van der Waals surface area contributed by atoms with Crippen LogP contribution in [0.25, 0.3) is 90.9 Å². The number of carbonyl (C=O) groups excluding carboxylic acids is 5. The smallest absolute Gasteiger partial charge is 0.465 e. The fourth-order valence-corrected chi connectivity index (χ4v) is 9.04. The summed E-state index contributed by atoms with van der Waals surface area (Å²) in [6, 6.07) is 40.8. The van der Waals surface area contributed by atoms with Gasteiger partial charge in [-0.3, -0.25) is 14.9 Å². The van der Waals surface area contributed by atoms with Gasteiger partial charge in [0.15, 0.2) is 0 Å². The van der Waals surface area contributed by atoms with Crippen LogP contribution < -0.4 is 10.1 Å². The third-order valence-electron chi connectivity index (χ3n) is 12.8. The Bertz CT molecular complexity index is 3880. The molecule has 0 saturated carbocycles. The van der Waals surface area contributed by atoms with Gasteiger partial charge in [0, 0.05) is 62.0 Å². The molecule has 0 radical (unpaired) electrons. The van der Waals surface area contributed by atoms with Crippen molar-refractivity contribution < 1.29 is 52.6 Å². The summed E-state index contributed by atoms with van der Waals surface area (Å²) >= 11 is 0. The Morgan fingerprint density at radius 3 is 1.13 bits per heavy atom. The topological polar surface area (TPSA) is 244 Å². The molecule has 5 aromatic carbocycles. The zero-order valence-corrected chi connectivity index (χ0v) is 41.8. The molecule has 2 aliphatic heterocycles. The van der Waals surface area contributed by atoms with E-state index in [1.54, 1.807) is 60.7 Å². The first-order valence-electron chi connectivity index (χ1n) is 24.1. The Kier molecular flexibility index (Phi) is 14.3. The van der Waals surface area contributed by atoms with Crippen molar-refractivity contribution in [3.05, 3.63) is 201 Å². The largest absolute Gasteiger partial charge is 0.513 e. The maximum Gasteiger partial charge on any atom is 0.513 e. The fourth-order valence-electron chi connectivity index (χ4n) is 9.04. The third kappa shape index (κ3) is 10.5. The summed E-state index contributed by atoms with van der Waals surface area (Å²) in [5.74, 6) is -1.83. The Morgan fingerprint density at radius 2 is 0.808 bits per heavy atom. The zero-order valence-electron chi connectivity index (χ0n) is 41.8. The highest BCUT2D eigenvalue weighted by Gasteiger charge is 2.21. The van der Waals surface area contributed by atoms with E-state index in [1.165, 1.54) is 45.6 Å². The van der Waals surface area contributed by atoms with Crippen molar-refractivity contribution in [2.24, 2.45) is 0 Å². The molecule has 0 unspecified atom stereocenters. The van der Waals surface area contributed by atoms with Gasteiger partial charge in [-0.2, -0.15) is 0 Å². The zero-order chi connectivity index (χ0) is 54.5. The average Bonchev–Trinajstić information content (AvgIpc) is 4.48. The predicted molar refractivity (Wildman–Crippen MR) is 292 cm³/mol. The molecule has 386 valence electrons. The van der Waals surface area contributed by atoms with Gasteiger partial charge >= 0.3 is 24.1 Å². The van der Waals surface area contributed by atoms with Crippen molar-refractivity contribution in [2.75, 3.05) is 34.5 Å². The number of nitro groups is 1. The summed E-state index contributed by atoms with van der Waals surface area (Å²) in [4.78, 5) is 91.7. The van der Waals surface area contributed by atoms with Crippen LogP contribution in [0.15, 0.2) is 146 Å². The molecule has 0 aliphatic carbocycles. The minimum absolute atomic E-state index is 0.0428. The summed E-state index contributed by atoms with van der Waals surface area (Å²) in [7, 11) is 3.98. The molecule has 0 saturated heterocycles. The standard InChI is InChI=1S/C60H44N6O12/c1-74-57(68)39-14-6-35(7-15-39)53-46-26-24-44(62-46)52(34-4-12-38(13-5-34)56(67)61-32-33-77-60(71)78-43-22-20-42(21-23-43)66(72)73)45-25-27-47(63-45)54(36-8-16-40(17-9-36)58(69)75-2)49-29-31-51(65-49)55(50-30-28-48(53)64-50)37-10-18-41(19-11-37)59(70)76-3/h4-31,62,65H,32-33H2,1-3H3,(H,61,67). The molecular weight excluding hydrogens is 997 g/mol. The van der Waals surface area contributed by atoms with Crippen LogP contribution in [-0.2, 0) is 18.9 Å². The first kappa shape index (κ1) is 50.8. The molecule has 8 bridgehead atoms. The maximum absolute atomic E-state index is 13.4. The van der Waals surface area contributed by atoms with E-state index < -0.39 is 34.9 Å². The average molecular weight is 1040 g/mol. The van der Waals surface area contributed by atoms with E-state index in [0.29, 0.717) is 89.4 Å². The molecule has 1 amide bonds. The van der Waals surface area contributed by atoms with Crippen molar-refractivity contribution in [3.63, 3.8) is 0 Å². The number of rotatable bonds is 13. The monoisotopic (exact) mass is 1040 g/mol. The molecule has 10 rings (SSSR count). The molecule has 8 aromatic rings. The molecule has 3 N–H and O–H groups in total. The lowest BCUT2D eigenvalue weighted by molar-refractivity contribution is -0.384. The molecule has 78 heavy (non-hydrogen) atoms. The van der Waals surface area contributed by atoms with E-state index >= 15 is 0 Å². The minimum atomic E-state index is -1.05. The van der Waals surface area contributed by atoms with Gasteiger partial charge in [-0.1, -0.05) is 48.5 Å². The van der Waals surface area contributed by atoms with Gasteiger partial charge in [-0.05, 0) is 131 Å². The number of amides is 1. The van der Waals surface area contributed by atoms with Crippen LogP contribution >= 0.6 is 0 Å². The van der Waals surface area contributed by atoms with Crippen molar-refractivity contribution in [2.45, 2.75) is 0 Å². The molecule has 18 heteroatoms. The summed E-state index contributed by atoms with van der Waals surface area (Å²) in [5, 5.41) is 13.7. The Labute approximate surface area is 443 Å². The van der Waals surface area contributed by atoms with Crippen LogP contribution in [0.3, 0.4) is 0 Å². The summed E-state index contributed by atoms with van der Waals surface area (Å²) < 4.78 is 25.2. The van der Waals surface area contributed by atoms with Crippen LogP contribution in [0, 0.1) is 10.1 Å². The molecule has 2 aliphatic rings. The first-order valence-corrected chi connectivity index (χ1v) is 24.1. The molecule has 0 spiro atoms. The normalized spacial score (nSPS) is 11.4. The maximum atomic E-state index is 13.4. The quantitative estimate of drug-likeness (QED) is 0.0243. The number of aromatic nitrogens is 4. The number of nitrogens with one attached hydrogen (secondary N) is 3. The SMILES string of the molecule is COC(=O)c1ccc(-c2c3nc(c(-c4ccc(C(=O)OC)cc4)c4ccc([nH]4)c(-c4ccc(C(=O)OC)cc4)c4nc(c(-c5ccc(C(=O)NCCOC(=O)Oc6ccc([N+](=O)[O-])cc6)cc5)c5ccc2[nH]5)C=C4)C=C3)cc1. The second kappa shape index (κ2) is 22.0. The van der Waals surface area contributed by atoms with Gasteiger partial charge < -0.3 is 39.0 Å². The number of nitro benzene ring substituents is 1. The number of non-ortho nitro benzene ring substituents is 1. The van der Waals surface area contributed by atoms with E-state index in [4.69, 9.17) is 33.7 Å². The molecular formula is C60H44N6O12. The highest BCUT2D eigenvalue weighted by molar-refractivity contribution is 6.02. The second-order valence-electron chi connectivity index (χ2n) is 17.5. The van der Waals surface area contributed by atoms with Crippen molar-refractivity contribution in [3.8, 4) is 50.3 Å². The number of methoxy groups -OCH3 is 3. The van der Waals surface area contributed by atoms with E-state index in [2.05, 4.69) is 15.3 Å². The van der Waals surface area contributed by atoms with Crippen molar-refractivity contribution >= 4 is 82.0 Å². The molecule has 3 aromatic heterocycles. The van der Waals surface area contributed by atoms with Crippen LogP contribution in [-0.4, -0.2) is 89.3 Å². The van der Waals surface area contributed by atoms with Gasteiger partial charge in [0.25, 0.3) is 11.6 Å². The lowest BCUT2D eigenvalue weighted by Gasteiger charge is -2.09. The summed E-state index contributed by atoms with van der Waals surface area (Å²) in [6.07, 6.45) is 6.61. The number of aromatic amines is 2. The molecule has 0 fully saturated rings. The number of H-pyrrole nitrogens is 2. The number of hydrogen-bond donors (Lipinski definition) is 3. The predicted octanol–water partition coefficient (Wildman–Crippen LogP) is 11.5. The van der Waals surface area contributed by atoms with Gasteiger partial charge in [0.2, 0.25) is 0 Å². The van der Waals surface area contributed by atoms with Gasteiger partial charge in [0.05, 0.1) is 72.3 Å². The van der Waals surface area contributed by atoms with Gasteiger partial charge in [0.1, 0.15) is 12.4 Å². The van der Waals surface area contributed by atoms with E-state index in [0.717, 1.165) is 22.3 Å². The lowest BCUT2D eigenvalue weighted by Crippen LogP contribution is -2.28. The van der Waals surface area contributed by atoms with Crippen LogP contribution in [0.4, 0.5) is 10.5 Å². The molecule has 5 heterocycles. The Morgan fingerprint density at radius 1 is 0.474 bits per heavy atom. The Balaban J connectivity index is 1.11. The van der Waals surface area contributed by atoms with E-state index in [-0.39, 0.29) is 24.6 Å². The van der Waals surface area contributed by atoms with Crippen LogP contribution in [0.2, 0.25) is 0 Å². The number of carbonyl (C=O) groups is 5. The van der Waals surface area contributed by atoms with Crippen LogP contribution in [0.1, 0.15) is 64.2 Å². The highest BCUT2D eigenvalue weighted by atomic mass is 16.7.